The Hall–Kier alpha value is -2.41. The number of para-hydroxylation sites is 1. The van der Waals surface area contributed by atoms with Gasteiger partial charge in [-0.3, -0.25) is 4.79 Å². The number of rotatable bonds is 6. The fraction of sp³-hybridized carbons (Fsp3) is 0.500. The second-order valence-electron chi connectivity index (χ2n) is 6.56. The Kier molecular flexibility index (Phi) is 5.65. The lowest BCUT2D eigenvalue weighted by Gasteiger charge is -2.23. The molecule has 0 spiro atoms. The third-order valence-corrected chi connectivity index (χ3v) is 4.07. The first-order valence-corrected chi connectivity index (χ1v) is 8.78. The van der Waals surface area contributed by atoms with Crippen LogP contribution in [0.25, 0.3) is 11.3 Å². The summed E-state index contributed by atoms with van der Waals surface area (Å²) in [5.41, 5.74) is 1.58. The summed E-state index contributed by atoms with van der Waals surface area (Å²) in [6.07, 6.45) is 3.79. The Morgan fingerprint density at radius 1 is 1.36 bits per heavy atom. The van der Waals surface area contributed by atoms with Gasteiger partial charge in [0.15, 0.2) is 0 Å². The Bertz CT molecular complexity index is 707. The van der Waals surface area contributed by atoms with E-state index in [0.717, 1.165) is 37.2 Å². The van der Waals surface area contributed by atoms with E-state index < -0.39 is 0 Å². The highest BCUT2D eigenvalue weighted by Gasteiger charge is 2.17. The molecule has 1 amide bonds. The van der Waals surface area contributed by atoms with Crippen LogP contribution in [-0.4, -0.2) is 46.1 Å². The Morgan fingerprint density at radius 3 is 2.88 bits per heavy atom. The normalized spacial score (nSPS) is 15.3. The minimum atomic E-state index is -0.0323. The van der Waals surface area contributed by atoms with Crippen molar-refractivity contribution in [3.05, 3.63) is 30.5 Å². The molecule has 2 N–H and O–H groups in total. The number of hydrogen-bond donors (Lipinski definition) is 2. The quantitative estimate of drug-likeness (QED) is 0.833. The summed E-state index contributed by atoms with van der Waals surface area (Å²) >= 11 is 0. The lowest BCUT2D eigenvalue weighted by atomic mass is 10.1. The maximum Gasteiger partial charge on any atom is 0.242 e. The van der Waals surface area contributed by atoms with Crippen LogP contribution in [0.2, 0.25) is 0 Å². The van der Waals surface area contributed by atoms with E-state index in [1.807, 2.05) is 38.1 Å². The van der Waals surface area contributed by atoms with Crippen LogP contribution >= 0.6 is 0 Å². The van der Waals surface area contributed by atoms with Crippen molar-refractivity contribution < 1.29 is 9.53 Å². The molecule has 1 aliphatic heterocycles. The smallest absolute Gasteiger partial charge is 0.242 e. The van der Waals surface area contributed by atoms with E-state index >= 15 is 0 Å². The van der Waals surface area contributed by atoms with E-state index in [4.69, 9.17) is 4.74 Å². The van der Waals surface area contributed by atoms with Crippen LogP contribution in [-0.2, 0) is 11.3 Å². The average Bonchev–Trinajstić information content (AvgIpc) is 3.04. The molecule has 134 valence electrons. The second-order valence-corrected chi connectivity index (χ2v) is 6.56. The molecule has 2 heterocycles. The zero-order valence-corrected chi connectivity index (χ0v) is 14.7. The number of piperidine rings is 1. The number of aromatic nitrogens is 3. The molecule has 0 bridgehead atoms. The Morgan fingerprint density at radius 2 is 2.12 bits per heavy atom. The summed E-state index contributed by atoms with van der Waals surface area (Å²) in [7, 11) is 0. The highest BCUT2D eigenvalue weighted by molar-refractivity contribution is 5.76. The largest absolute Gasteiger partial charge is 0.490 e. The van der Waals surface area contributed by atoms with Gasteiger partial charge in [0.1, 0.15) is 18.0 Å². The van der Waals surface area contributed by atoms with E-state index in [1.54, 1.807) is 10.9 Å². The molecule has 2 aromatic rings. The number of hydrogen-bond acceptors (Lipinski definition) is 5. The number of amides is 1. The summed E-state index contributed by atoms with van der Waals surface area (Å²) in [5, 5.41) is 14.6. The van der Waals surface area contributed by atoms with Gasteiger partial charge in [0, 0.05) is 11.6 Å². The Labute approximate surface area is 147 Å². The molecular formula is C18H25N5O2. The molecule has 0 atom stereocenters. The van der Waals surface area contributed by atoms with Crippen molar-refractivity contribution in [1.29, 1.82) is 0 Å². The van der Waals surface area contributed by atoms with E-state index in [-0.39, 0.29) is 24.6 Å². The van der Waals surface area contributed by atoms with Crippen molar-refractivity contribution in [1.82, 2.24) is 25.6 Å². The number of nitrogens with zero attached hydrogens (tertiary/aromatic N) is 3. The summed E-state index contributed by atoms with van der Waals surface area (Å²) in [4.78, 5) is 12.2. The zero-order valence-electron chi connectivity index (χ0n) is 14.7. The molecule has 1 aliphatic rings. The third-order valence-electron chi connectivity index (χ3n) is 4.07. The van der Waals surface area contributed by atoms with Crippen LogP contribution in [0.4, 0.5) is 0 Å². The van der Waals surface area contributed by atoms with E-state index in [2.05, 4.69) is 20.9 Å². The van der Waals surface area contributed by atoms with Crippen molar-refractivity contribution in [3.63, 3.8) is 0 Å². The van der Waals surface area contributed by atoms with Gasteiger partial charge in [-0.2, -0.15) is 0 Å². The monoisotopic (exact) mass is 343 g/mol. The fourth-order valence-electron chi connectivity index (χ4n) is 2.92. The van der Waals surface area contributed by atoms with Gasteiger partial charge in [-0.05, 0) is 51.9 Å². The van der Waals surface area contributed by atoms with Crippen LogP contribution < -0.4 is 15.4 Å². The first-order chi connectivity index (χ1) is 12.1. The topological polar surface area (TPSA) is 81.1 Å². The maximum atomic E-state index is 12.2. The van der Waals surface area contributed by atoms with Gasteiger partial charge in [-0.15, -0.1) is 5.10 Å². The van der Waals surface area contributed by atoms with Crippen LogP contribution in [0.5, 0.6) is 5.75 Å². The van der Waals surface area contributed by atoms with Crippen molar-refractivity contribution >= 4 is 5.91 Å². The predicted octanol–water partition coefficient (Wildman–Crippen LogP) is 1.60. The molecule has 25 heavy (non-hydrogen) atoms. The highest BCUT2D eigenvalue weighted by Crippen LogP contribution is 2.28. The second kappa shape index (κ2) is 8.11. The van der Waals surface area contributed by atoms with Crippen LogP contribution in [0, 0.1) is 0 Å². The number of benzene rings is 1. The molecule has 1 saturated heterocycles. The van der Waals surface area contributed by atoms with Crippen LogP contribution in [0.1, 0.15) is 26.7 Å². The van der Waals surface area contributed by atoms with Crippen molar-refractivity contribution in [3.8, 4) is 17.0 Å². The third kappa shape index (κ3) is 4.79. The maximum absolute atomic E-state index is 12.2. The van der Waals surface area contributed by atoms with Gasteiger partial charge in [0.05, 0.1) is 12.3 Å². The lowest BCUT2D eigenvalue weighted by Crippen LogP contribution is -2.43. The molecule has 0 radical (unpaired) electrons. The highest BCUT2D eigenvalue weighted by atomic mass is 16.5. The first-order valence-electron chi connectivity index (χ1n) is 8.78. The van der Waals surface area contributed by atoms with Crippen molar-refractivity contribution in [2.45, 2.75) is 45.4 Å². The van der Waals surface area contributed by atoms with Crippen LogP contribution in [0.15, 0.2) is 30.5 Å². The molecular weight excluding hydrogens is 318 g/mol. The minimum Gasteiger partial charge on any atom is -0.490 e. The standard InChI is InChI=1S/C18H25N5O2/c1-13(2)25-17-6-4-3-5-15(17)16-11-23(22-21-16)12-18(24)20-14-7-9-19-10-8-14/h3-6,11,13-14,19H,7-10,12H2,1-2H3,(H,20,24). The molecule has 1 aromatic heterocycles. The minimum absolute atomic E-state index is 0.0323. The molecule has 1 aromatic carbocycles. The molecule has 7 nitrogen and oxygen atoms in total. The van der Waals surface area contributed by atoms with E-state index in [0.29, 0.717) is 5.69 Å². The van der Waals surface area contributed by atoms with Gasteiger partial charge in [0.2, 0.25) is 5.91 Å². The predicted molar refractivity (Wildman–Crippen MR) is 95.3 cm³/mol. The summed E-state index contributed by atoms with van der Waals surface area (Å²) in [6, 6.07) is 7.97. The average molecular weight is 343 g/mol. The number of carbonyl (C=O) groups excluding carboxylic acids is 1. The number of ether oxygens (including phenoxy) is 1. The van der Waals surface area contributed by atoms with Gasteiger partial charge in [-0.1, -0.05) is 17.3 Å². The molecule has 1 fully saturated rings. The number of nitrogens with one attached hydrogen (secondary N) is 2. The SMILES string of the molecule is CC(C)Oc1ccccc1-c1cn(CC(=O)NC2CCNCC2)nn1. The summed E-state index contributed by atoms with van der Waals surface area (Å²) < 4.78 is 7.40. The van der Waals surface area contributed by atoms with Gasteiger partial charge in [-0.25, -0.2) is 4.68 Å². The van der Waals surface area contributed by atoms with Crippen molar-refractivity contribution in [2.75, 3.05) is 13.1 Å². The molecule has 0 saturated carbocycles. The lowest BCUT2D eigenvalue weighted by molar-refractivity contribution is -0.122. The molecule has 3 rings (SSSR count). The van der Waals surface area contributed by atoms with Crippen molar-refractivity contribution in [2.24, 2.45) is 0 Å². The van der Waals surface area contributed by atoms with Gasteiger partial charge >= 0.3 is 0 Å². The first kappa shape index (κ1) is 17.4. The van der Waals surface area contributed by atoms with Gasteiger partial charge in [0.25, 0.3) is 0 Å². The molecule has 7 heteroatoms. The number of carbonyl (C=O) groups is 1. The summed E-state index contributed by atoms with van der Waals surface area (Å²) in [6.45, 7) is 6.04. The molecule has 0 aliphatic carbocycles. The van der Waals surface area contributed by atoms with E-state index in [1.165, 1.54) is 0 Å². The summed E-state index contributed by atoms with van der Waals surface area (Å²) in [5.74, 6) is 0.735. The van der Waals surface area contributed by atoms with Gasteiger partial charge < -0.3 is 15.4 Å². The molecule has 0 unspecified atom stereocenters. The van der Waals surface area contributed by atoms with E-state index in [9.17, 15) is 4.79 Å². The van der Waals surface area contributed by atoms with Crippen LogP contribution in [0.3, 0.4) is 0 Å². The Balaban J connectivity index is 1.65. The fourth-order valence-corrected chi connectivity index (χ4v) is 2.92. The zero-order chi connectivity index (χ0) is 17.6.